The van der Waals surface area contributed by atoms with Gasteiger partial charge in [0, 0.05) is 12.7 Å². The Labute approximate surface area is 152 Å². The van der Waals surface area contributed by atoms with Gasteiger partial charge in [-0.1, -0.05) is 19.1 Å². The van der Waals surface area contributed by atoms with E-state index in [1.165, 1.54) is 6.20 Å². The first-order valence-electron chi connectivity index (χ1n) is 8.10. The Kier molecular flexibility index (Phi) is 5.82. The molecule has 146 valence electrons. The van der Waals surface area contributed by atoms with Crippen molar-refractivity contribution < 1.29 is 27.9 Å². The Morgan fingerprint density at radius 3 is 2.37 bits per heavy atom. The van der Waals surface area contributed by atoms with E-state index < -0.39 is 29.0 Å². The number of aliphatic carboxylic acids is 1. The van der Waals surface area contributed by atoms with Crippen molar-refractivity contribution >= 4 is 11.9 Å². The molecule has 0 bridgehead atoms. The molecule has 0 spiro atoms. The van der Waals surface area contributed by atoms with Gasteiger partial charge in [-0.15, -0.1) is 5.10 Å². The van der Waals surface area contributed by atoms with Crippen LogP contribution in [0.4, 0.5) is 13.2 Å². The predicted octanol–water partition coefficient (Wildman–Crippen LogP) is 2.30. The first-order valence-corrected chi connectivity index (χ1v) is 8.10. The van der Waals surface area contributed by atoms with Crippen molar-refractivity contribution in [2.45, 2.75) is 32.9 Å². The zero-order valence-corrected chi connectivity index (χ0v) is 14.6. The molecule has 0 aliphatic heterocycles. The largest absolute Gasteiger partial charge is 0.481 e. The molecule has 1 amide bonds. The maximum Gasteiger partial charge on any atom is 0.417 e. The molecule has 11 heteroatoms. The normalized spacial score (nSPS) is 12.0. The van der Waals surface area contributed by atoms with Gasteiger partial charge in [-0.3, -0.25) is 9.59 Å². The van der Waals surface area contributed by atoms with E-state index in [-0.39, 0.29) is 18.1 Å². The van der Waals surface area contributed by atoms with Gasteiger partial charge in [0.2, 0.25) is 0 Å². The molecule has 0 aliphatic rings. The lowest BCUT2D eigenvalue weighted by atomic mass is 9.82. The van der Waals surface area contributed by atoms with Crippen molar-refractivity contribution in [2.24, 2.45) is 5.41 Å². The summed E-state index contributed by atoms with van der Waals surface area (Å²) in [5, 5.41) is 19.2. The summed E-state index contributed by atoms with van der Waals surface area (Å²) in [4.78, 5) is 27.3. The summed E-state index contributed by atoms with van der Waals surface area (Å²) in [7, 11) is 0. The molecule has 2 aromatic rings. The van der Waals surface area contributed by atoms with Crippen molar-refractivity contribution in [3.05, 3.63) is 35.8 Å². The predicted molar refractivity (Wildman–Crippen MR) is 87.1 cm³/mol. The van der Waals surface area contributed by atoms with E-state index >= 15 is 0 Å². The van der Waals surface area contributed by atoms with Crippen LogP contribution in [-0.2, 0) is 11.0 Å². The third-order valence-corrected chi connectivity index (χ3v) is 4.43. The number of carboxylic acid groups (broad SMARTS) is 1. The molecule has 2 N–H and O–H groups in total. The van der Waals surface area contributed by atoms with Crippen molar-refractivity contribution in [1.29, 1.82) is 0 Å². The second-order valence-electron chi connectivity index (χ2n) is 5.93. The van der Waals surface area contributed by atoms with Crippen LogP contribution in [0.3, 0.4) is 0 Å². The van der Waals surface area contributed by atoms with Gasteiger partial charge in [-0.2, -0.15) is 13.2 Å². The summed E-state index contributed by atoms with van der Waals surface area (Å²) >= 11 is 0. The zero-order chi connectivity index (χ0) is 20.2. The Bertz CT molecular complexity index is 813. The minimum absolute atomic E-state index is 0.0524. The molecule has 0 aliphatic carbocycles. The van der Waals surface area contributed by atoms with Gasteiger partial charge in [0.15, 0.2) is 11.5 Å². The standard InChI is InChI=1S/C16H18F3N5O3/c1-3-15(4-2,14(26)27)9-21-13(25)11-8-24(23-22-11)12-6-5-10(7-20-12)16(17,18)19/h5-8H,3-4,9H2,1-2H3,(H,21,25)(H,26,27). The van der Waals surface area contributed by atoms with E-state index in [0.717, 1.165) is 16.8 Å². The number of amides is 1. The number of alkyl halides is 3. The quantitative estimate of drug-likeness (QED) is 0.757. The zero-order valence-electron chi connectivity index (χ0n) is 14.6. The molecule has 27 heavy (non-hydrogen) atoms. The van der Waals surface area contributed by atoms with Gasteiger partial charge in [0.1, 0.15) is 0 Å². The van der Waals surface area contributed by atoms with Gasteiger partial charge >= 0.3 is 12.1 Å². The molecule has 0 saturated carbocycles. The minimum atomic E-state index is -4.51. The number of carbonyl (C=O) groups is 2. The van der Waals surface area contributed by atoms with Gasteiger partial charge in [0.25, 0.3) is 5.91 Å². The molecule has 0 unspecified atom stereocenters. The third-order valence-electron chi connectivity index (χ3n) is 4.43. The first-order chi connectivity index (χ1) is 12.6. The SMILES string of the molecule is CCC(CC)(CNC(=O)c1cn(-c2ccc(C(F)(F)F)cn2)nn1)C(=O)O. The number of hydrogen-bond donors (Lipinski definition) is 2. The van der Waals surface area contributed by atoms with Gasteiger partial charge in [0.05, 0.1) is 17.2 Å². The number of nitrogens with zero attached hydrogens (tertiary/aromatic N) is 4. The van der Waals surface area contributed by atoms with Crippen LogP contribution in [-0.4, -0.2) is 43.5 Å². The highest BCUT2D eigenvalue weighted by molar-refractivity contribution is 5.92. The summed E-state index contributed by atoms with van der Waals surface area (Å²) in [6.07, 6.45) is -1.98. The van der Waals surface area contributed by atoms with Crippen LogP contribution < -0.4 is 5.32 Å². The van der Waals surface area contributed by atoms with Crippen LogP contribution in [0.1, 0.15) is 42.7 Å². The molecule has 0 fully saturated rings. The number of hydrogen-bond acceptors (Lipinski definition) is 5. The summed E-state index contributed by atoms with van der Waals surface area (Å²) in [5.41, 5.74) is -2.10. The van der Waals surface area contributed by atoms with E-state index in [2.05, 4.69) is 20.6 Å². The van der Waals surface area contributed by atoms with E-state index in [9.17, 15) is 27.9 Å². The lowest BCUT2D eigenvalue weighted by Crippen LogP contribution is -2.42. The second kappa shape index (κ2) is 7.72. The number of halogens is 3. The summed E-state index contributed by atoms with van der Waals surface area (Å²) in [5.74, 6) is -1.59. The van der Waals surface area contributed by atoms with Crippen molar-refractivity contribution in [2.75, 3.05) is 6.54 Å². The number of carbonyl (C=O) groups excluding carboxylic acids is 1. The number of aromatic nitrogens is 4. The van der Waals surface area contributed by atoms with Gasteiger partial charge < -0.3 is 10.4 Å². The van der Waals surface area contributed by atoms with Crippen LogP contribution >= 0.6 is 0 Å². The van der Waals surface area contributed by atoms with Crippen molar-refractivity contribution in [1.82, 2.24) is 25.3 Å². The van der Waals surface area contributed by atoms with E-state index in [1.54, 1.807) is 13.8 Å². The number of pyridine rings is 1. The average Bonchev–Trinajstić information content (AvgIpc) is 3.12. The molecule has 0 saturated heterocycles. The fourth-order valence-corrected chi connectivity index (χ4v) is 2.39. The molecular weight excluding hydrogens is 367 g/mol. The lowest BCUT2D eigenvalue weighted by Gasteiger charge is -2.26. The molecule has 0 atom stereocenters. The fourth-order valence-electron chi connectivity index (χ4n) is 2.39. The summed E-state index contributed by atoms with van der Waals surface area (Å²) in [6.45, 7) is 3.35. The van der Waals surface area contributed by atoms with Gasteiger partial charge in [-0.05, 0) is 25.0 Å². The topological polar surface area (TPSA) is 110 Å². The molecule has 2 aromatic heterocycles. The number of carboxylic acids is 1. The highest BCUT2D eigenvalue weighted by Gasteiger charge is 2.35. The highest BCUT2D eigenvalue weighted by atomic mass is 19.4. The first kappa shape index (κ1) is 20.3. The number of nitrogens with one attached hydrogen (secondary N) is 1. The molecule has 2 heterocycles. The average molecular weight is 385 g/mol. The smallest absolute Gasteiger partial charge is 0.417 e. The number of rotatable bonds is 7. The fraction of sp³-hybridized carbons (Fsp3) is 0.438. The van der Waals surface area contributed by atoms with E-state index in [1.807, 2.05) is 0 Å². The van der Waals surface area contributed by atoms with E-state index in [0.29, 0.717) is 19.0 Å². The maximum atomic E-state index is 12.6. The van der Waals surface area contributed by atoms with Crippen LogP contribution in [0, 0.1) is 5.41 Å². The van der Waals surface area contributed by atoms with Crippen molar-refractivity contribution in [3.8, 4) is 5.82 Å². The summed E-state index contributed by atoms with van der Waals surface area (Å²) < 4.78 is 38.7. The maximum absolute atomic E-state index is 12.6. The Hall–Kier alpha value is -2.98. The third kappa shape index (κ3) is 4.41. The lowest BCUT2D eigenvalue weighted by molar-refractivity contribution is -0.149. The van der Waals surface area contributed by atoms with Crippen LogP contribution in [0.2, 0.25) is 0 Å². The molecular formula is C16H18F3N5O3. The second-order valence-corrected chi connectivity index (χ2v) is 5.93. The molecule has 0 aromatic carbocycles. The molecule has 2 rings (SSSR count). The van der Waals surface area contributed by atoms with E-state index in [4.69, 9.17) is 0 Å². The molecule has 8 nitrogen and oxygen atoms in total. The highest BCUT2D eigenvalue weighted by Crippen LogP contribution is 2.28. The van der Waals surface area contributed by atoms with Crippen LogP contribution in [0.5, 0.6) is 0 Å². The Morgan fingerprint density at radius 1 is 1.22 bits per heavy atom. The Morgan fingerprint density at radius 2 is 1.89 bits per heavy atom. The van der Waals surface area contributed by atoms with Gasteiger partial charge in [-0.25, -0.2) is 9.67 Å². The van der Waals surface area contributed by atoms with Crippen LogP contribution in [0.25, 0.3) is 5.82 Å². The molecule has 0 radical (unpaired) electrons. The Balaban J connectivity index is 2.11. The summed E-state index contributed by atoms with van der Waals surface area (Å²) in [6, 6.07) is 1.94. The monoisotopic (exact) mass is 385 g/mol. The minimum Gasteiger partial charge on any atom is -0.481 e. The van der Waals surface area contributed by atoms with Crippen molar-refractivity contribution in [3.63, 3.8) is 0 Å². The van der Waals surface area contributed by atoms with Crippen LogP contribution in [0.15, 0.2) is 24.5 Å².